The molecule has 0 aromatic carbocycles. The van der Waals surface area contributed by atoms with Crippen LogP contribution in [0.15, 0.2) is 12.2 Å². The quantitative estimate of drug-likeness (QED) is 0.0179. The molecule has 0 aromatic heterocycles. The van der Waals surface area contributed by atoms with E-state index in [0.717, 1.165) is 38.5 Å². The van der Waals surface area contributed by atoms with Gasteiger partial charge < -0.3 is 43.2 Å². The van der Waals surface area contributed by atoms with E-state index in [1.165, 1.54) is 64.2 Å². The number of hydrogen-bond acceptors (Lipinski definition) is 12. The van der Waals surface area contributed by atoms with E-state index in [9.17, 15) is 39.2 Å². The Morgan fingerprint density at radius 1 is 0.729 bits per heavy atom. The molecule has 0 bridgehead atoms. The molecule has 14 heteroatoms. The first-order valence-corrected chi connectivity index (χ1v) is 24.5. The summed E-state index contributed by atoms with van der Waals surface area (Å²) < 4.78 is 33.8. The summed E-state index contributed by atoms with van der Waals surface area (Å²) in [5.74, 6) is -2.09. The lowest BCUT2D eigenvalue weighted by Crippen LogP contribution is -2.37. The monoisotopic (exact) mass is 862 g/mol. The Bertz CT molecular complexity index is 1190. The minimum atomic E-state index is -4.71. The summed E-state index contributed by atoms with van der Waals surface area (Å²) in [6.07, 6.45) is 21.5. The number of hydrogen-bond donors (Lipinski definition) is 3. The highest BCUT2D eigenvalue weighted by Gasteiger charge is 2.41. The summed E-state index contributed by atoms with van der Waals surface area (Å²) in [5.41, 5.74) is 0. The van der Waals surface area contributed by atoms with Crippen LogP contribution in [0.2, 0.25) is 0 Å². The van der Waals surface area contributed by atoms with Crippen LogP contribution in [0.3, 0.4) is 0 Å². The van der Waals surface area contributed by atoms with Gasteiger partial charge in [0, 0.05) is 43.9 Å². The van der Waals surface area contributed by atoms with Gasteiger partial charge in [0.25, 0.3) is 7.82 Å². The van der Waals surface area contributed by atoms with Crippen LogP contribution in [0.4, 0.5) is 0 Å². The summed E-state index contributed by atoms with van der Waals surface area (Å²) in [6.45, 7) is 3.70. The number of carbonyl (C=O) groups is 3. The molecule has 0 aromatic rings. The molecule has 1 fully saturated rings. The fourth-order valence-corrected chi connectivity index (χ4v) is 8.03. The van der Waals surface area contributed by atoms with Gasteiger partial charge in [-0.25, -0.2) is 0 Å². The number of nitrogens with zero attached hydrogens (tertiary/aromatic N) is 1. The van der Waals surface area contributed by atoms with Gasteiger partial charge in [0.1, 0.15) is 25.5 Å². The SMILES string of the molecule is CCCCCCCCCCCCCCCCC(=O)O[C@H](COC(=O)CCCCC(=O)C[C@@H]1[C@@H](/C=C/[C@@H](O)CCCCC)[C@H](O)C[C@@H]1O)COP(=O)([O-])OCC[N+](C)(C)C. The molecule has 0 amide bonds. The number of ketones is 1. The number of phosphoric ester groups is 1. The number of aliphatic hydroxyl groups excluding tert-OH is 3. The third-order valence-corrected chi connectivity index (χ3v) is 12.0. The molecule has 13 nitrogen and oxygen atoms in total. The number of likely N-dealkylation sites (N-methyl/N-ethyl adjacent to an activating group) is 1. The minimum Gasteiger partial charge on any atom is -0.756 e. The van der Waals surface area contributed by atoms with Gasteiger partial charge in [-0.05, 0) is 25.7 Å². The van der Waals surface area contributed by atoms with Crippen LogP contribution >= 0.6 is 7.82 Å². The number of aliphatic hydroxyl groups is 3. The zero-order valence-electron chi connectivity index (χ0n) is 37.5. The minimum absolute atomic E-state index is 0.00584. The maximum Gasteiger partial charge on any atom is 0.306 e. The van der Waals surface area contributed by atoms with Gasteiger partial charge in [0.15, 0.2) is 6.10 Å². The van der Waals surface area contributed by atoms with Crippen molar-refractivity contribution in [2.24, 2.45) is 11.8 Å². The average molecular weight is 862 g/mol. The first kappa shape index (κ1) is 55.3. The van der Waals surface area contributed by atoms with Crippen LogP contribution in [0.5, 0.6) is 0 Å². The summed E-state index contributed by atoms with van der Waals surface area (Å²) >= 11 is 0. The highest BCUT2D eigenvalue weighted by Crippen LogP contribution is 2.39. The van der Waals surface area contributed by atoms with Crippen LogP contribution in [-0.4, -0.2) is 109 Å². The standard InChI is InChI=1S/C45H84NO12P/c1-6-8-10-11-12-13-14-15-16-17-18-19-20-22-28-45(52)58-39(36-57-59(53,54)56-32-31-46(3,4)5)35-55-44(51)27-24-23-26-38(48)33-41-40(42(49)34-43(41)50)30-29-37(47)25-21-9-7-2/h29-30,37,39-43,47,49-50H,6-28,31-36H2,1-5H3/b30-29+/t37-,39+,40+,41+,42+,43-/m0/s1. The molecular weight excluding hydrogens is 777 g/mol. The maximum atomic E-state index is 12.9. The van der Waals surface area contributed by atoms with E-state index in [0.29, 0.717) is 36.7 Å². The van der Waals surface area contributed by atoms with Crippen LogP contribution in [-0.2, 0) is 37.5 Å². The van der Waals surface area contributed by atoms with Gasteiger partial charge in [-0.3, -0.25) is 18.9 Å². The number of rotatable bonds is 38. The third kappa shape index (κ3) is 30.1. The van der Waals surface area contributed by atoms with Crippen molar-refractivity contribution in [2.75, 3.05) is 47.5 Å². The smallest absolute Gasteiger partial charge is 0.306 e. The fraction of sp³-hybridized carbons (Fsp3) is 0.889. The lowest BCUT2D eigenvalue weighted by atomic mass is 9.87. The van der Waals surface area contributed by atoms with Crippen molar-refractivity contribution in [3.05, 3.63) is 12.2 Å². The van der Waals surface area contributed by atoms with E-state index in [-0.39, 0.29) is 44.5 Å². The van der Waals surface area contributed by atoms with Crippen molar-refractivity contribution in [3.63, 3.8) is 0 Å². The van der Waals surface area contributed by atoms with E-state index in [4.69, 9.17) is 18.5 Å². The van der Waals surface area contributed by atoms with Gasteiger partial charge in [-0.15, -0.1) is 0 Å². The summed E-state index contributed by atoms with van der Waals surface area (Å²) in [4.78, 5) is 50.6. The number of carbonyl (C=O) groups excluding carboxylic acids is 3. The first-order valence-electron chi connectivity index (χ1n) is 23.1. The van der Waals surface area contributed by atoms with E-state index in [2.05, 4.69) is 13.8 Å². The van der Waals surface area contributed by atoms with Gasteiger partial charge in [0.05, 0.1) is 46.1 Å². The molecule has 0 spiro atoms. The third-order valence-electron chi connectivity index (χ3n) is 11.0. The van der Waals surface area contributed by atoms with Crippen molar-refractivity contribution in [2.45, 2.75) is 199 Å². The molecule has 7 atom stereocenters. The second kappa shape index (κ2) is 32.9. The molecule has 59 heavy (non-hydrogen) atoms. The number of ether oxygens (including phenoxy) is 2. The molecular formula is C45H84NO12P. The van der Waals surface area contributed by atoms with Crippen LogP contribution in [0.25, 0.3) is 0 Å². The van der Waals surface area contributed by atoms with Crippen LogP contribution in [0.1, 0.15) is 174 Å². The van der Waals surface area contributed by atoms with Crippen molar-refractivity contribution in [3.8, 4) is 0 Å². The zero-order valence-corrected chi connectivity index (χ0v) is 38.4. The number of unbranched alkanes of at least 4 members (excludes halogenated alkanes) is 16. The zero-order chi connectivity index (χ0) is 43.9. The van der Waals surface area contributed by atoms with Gasteiger partial charge in [-0.1, -0.05) is 129 Å². The molecule has 1 saturated carbocycles. The van der Waals surface area contributed by atoms with E-state index >= 15 is 0 Å². The molecule has 346 valence electrons. The average Bonchev–Trinajstić information content (AvgIpc) is 3.43. The van der Waals surface area contributed by atoms with Crippen molar-refractivity contribution < 1.29 is 62.2 Å². The Hall–Kier alpha value is -1.70. The highest BCUT2D eigenvalue weighted by atomic mass is 31.2. The molecule has 0 saturated heterocycles. The largest absolute Gasteiger partial charge is 0.756 e. The van der Waals surface area contributed by atoms with E-state index < -0.39 is 69.2 Å². The van der Waals surface area contributed by atoms with E-state index in [1.807, 2.05) is 21.1 Å². The number of phosphoric acid groups is 1. The van der Waals surface area contributed by atoms with Crippen molar-refractivity contribution in [1.29, 1.82) is 0 Å². The predicted octanol–water partition coefficient (Wildman–Crippen LogP) is 7.90. The van der Waals surface area contributed by atoms with E-state index in [1.54, 1.807) is 12.2 Å². The Balaban J connectivity index is 2.50. The fourth-order valence-electron chi connectivity index (χ4n) is 7.30. The summed E-state index contributed by atoms with van der Waals surface area (Å²) in [7, 11) is 0.971. The highest BCUT2D eigenvalue weighted by molar-refractivity contribution is 7.45. The molecule has 0 heterocycles. The van der Waals surface area contributed by atoms with Crippen LogP contribution in [0, 0.1) is 11.8 Å². The normalized spacial score (nSPS) is 20.4. The Kier molecular flexibility index (Phi) is 30.9. The molecule has 1 aliphatic rings. The second-order valence-electron chi connectivity index (χ2n) is 17.7. The lowest BCUT2D eigenvalue weighted by molar-refractivity contribution is -0.870. The van der Waals surface area contributed by atoms with Crippen LogP contribution < -0.4 is 4.89 Å². The van der Waals surface area contributed by atoms with Gasteiger partial charge >= 0.3 is 11.9 Å². The van der Waals surface area contributed by atoms with Gasteiger partial charge in [0.2, 0.25) is 0 Å². The van der Waals surface area contributed by atoms with Gasteiger partial charge in [-0.2, -0.15) is 0 Å². The predicted molar refractivity (Wildman–Crippen MR) is 229 cm³/mol. The number of esters is 2. The molecule has 1 aliphatic carbocycles. The van der Waals surface area contributed by atoms with Crippen molar-refractivity contribution in [1.82, 2.24) is 0 Å². The first-order chi connectivity index (χ1) is 28.1. The maximum absolute atomic E-state index is 12.9. The Labute approximate surface area is 357 Å². The summed E-state index contributed by atoms with van der Waals surface area (Å²) in [6, 6.07) is 0. The molecule has 0 radical (unpaired) electrons. The molecule has 1 unspecified atom stereocenters. The number of quaternary nitrogens is 1. The lowest BCUT2D eigenvalue weighted by Gasteiger charge is -2.28. The molecule has 3 N–H and O–H groups in total. The molecule has 1 rings (SSSR count). The summed E-state index contributed by atoms with van der Waals surface area (Å²) in [5, 5.41) is 31.3. The number of Topliss-reactive ketones (excluding diaryl/α,β-unsaturated/α-hetero) is 1. The molecule has 0 aliphatic heterocycles. The Morgan fingerprint density at radius 3 is 1.85 bits per heavy atom. The Morgan fingerprint density at radius 2 is 1.25 bits per heavy atom. The van der Waals surface area contributed by atoms with Crippen molar-refractivity contribution >= 4 is 25.5 Å². The topological polar surface area (TPSA) is 189 Å². The second-order valence-corrected chi connectivity index (χ2v) is 19.2.